The zero-order valence-electron chi connectivity index (χ0n) is 14.4. The lowest BCUT2D eigenvalue weighted by Gasteiger charge is -2.13. The minimum atomic E-state index is -0.796. The lowest BCUT2D eigenvalue weighted by Crippen LogP contribution is -2.32. The quantitative estimate of drug-likeness (QED) is 0.756. The highest BCUT2D eigenvalue weighted by Gasteiger charge is 2.38. The van der Waals surface area contributed by atoms with Crippen LogP contribution in [0.15, 0.2) is 48.5 Å². The molecule has 0 N–H and O–H groups in total. The van der Waals surface area contributed by atoms with E-state index in [2.05, 4.69) is 0 Å². The first-order valence-electron chi connectivity index (χ1n) is 8.68. The lowest BCUT2D eigenvalue weighted by molar-refractivity contribution is -0.0584. The molecule has 0 bridgehead atoms. The molecule has 2 amide bonds. The average molecular weight is 367 g/mol. The highest BCUT2D eigenvalue weighted by Crippen LogP contribution is 2.24. The van der Waals surface area contributed by atoms with Crippen molar-refractivity contribution in [3.63, 3.8) is 0 Å². The summed E-state index contributed by atoms with van der Waals surface area (Å²) in [5.41, 5.74) is 0.636. The van der Waals surface area contributed by atoms with Crippen LogP contribution in [-0.2, 0) is 9.57 Å². The van der Waals surface area contributed by atoms with E-state index in [0.29, 0.717) is 17.4 Å². The summed E-state index contributed by atoms with van der Waals surface area (Å²) in [5, 5.41) is 0.495. The van der Waals surface area contributed by atoms with Crippen molar-refractivity contribution in [3.8, 4) is 5.75 Å². The molecule has 2 aliphatic heterocycles. The topological polar surface area (TPSA) is 82.1 Å². The molecule has 1 atom stereocenters. The van der Waals surface area contributed by atoms with Crippen LogP contribution in [0.3, 0.4) is 0 Å². The van der Waals surface area contributed by atoms with Crippen LogP contribution >= 0.6 is 0 Å². The molecule has 138 valence electrons. The van der Waals surface area contributed by atoms with Gasteiger partial charge in [0.05, 0.1) is 22.8 Å². The number of fused-ring (bicyclic) bond motifs is 1. The number of hydroxylamine groups is 2. The molecule has 2 aliphatic rings. The number of ether oxygens (including phenoxy) is 2. The van der Waals surface area contributed by atoms with Crippen molar-refractivity contribution in [2.24, 2.45) is 0 Å². The summed E-state index contributed by atoms with van der Waals surface area (Å²) in [6.07, 6.45) is 2.12. The summed E-state index contributed by atoms with van der Waals surface area (Å²) in [7, 11) is 0. The van der Waals surface area contributed by atoms with Gasteiger partial charge >= 0.3 is 5.97 Å². The van der Waals surface area contributed by atoms with Gasteiger partial charge in [0.25, 0.3) is 11.8 Å². The van der Waals surface area contributed by atoms with Gasteiger partial charge in [0.1, 0.15) is 12.4 Å². The molecule has 0 radical (unpaired) electrons. The number of carbonyl (C=O) groups excluding carboxylic acids is 3. The van der Waals surface area contributed by atoms with Crippen molar-refractivity contribution >= 4 is 17.8 Å². The normalized spacial score (nSPS) is 18.5. The third-order valence-corrected chi connectivity index (χ3v) is 4.48. The fourth-order valence-corrected chi connectivity index (χ4v) is 3.04. The fourth-order valence-electron chi connectivity index (χ4n) is 3.04. The van der Waals surface area contributed by atoms with Crippen LogP contribution < -0.4 is 4.74 Å². The number of carbonyl (C=O) groups is 3. The van der Waals surface area contributed by atoms with Crippen molar-refractivity contribution in [3.05, 3.63) is 65.2 Å². The van der Waals surface area contributed by atoms with Gasteiger partial charge in [-0.1, -0.05) is 17.2 Å². The zero-order chi connectivity index (χ0) is 18.8. The van der Waals surface area contributed by atoms with Crippen molar-refractivity contribution in [1.29, 1.82) is 0 Å². The SMILES string of the molecule is O=C(ON1C(=O)c2ccccc2C1=O)c1ccc(OCC2CCCO2)cc1. The smallest absolute Gasteiger partial charge is 0.363 e. The van der Waals surface area contributed by atoms with Crippen molar-refractivity contribution < 1.29 is 28.7 Å². The predicted octanol–water partition coefficient (Wildman–Crippen LogP) is 2.61. The number of imide groups is 1. The summed E-state index contributed by atoms with van der Waals surface area (Å²) in [6.45, 7) is 1.22. The Labute approximate surface area is 155 Å². The number of nitrogens with zero attached hydrogens (tertiary/aromatic N) is 1. The highest BCUT2D eigenvalue weighted by atomic mass is 16.7. The van der Waals surface area contributed by atoms with Crippen LogP contribution in [-0.4, -0.2) is 42.2 Å². The standard InChI is InChI=1S/C20H17NO6/c22-18-16-5-1-2-6-17(16)19(23)21(18)27-20(24)13-7-9-14(10-8-13)26-12-15-4-3-11-25-15/h1-2,5-10,15H,3-4,11-12H2. The van der Waals surface area contributed by atoms with E-state index in [0.717, 1.165) is 19.4 Å². The van der Waals surface area contributed by atoms with Crippen LogP contribution in [0, 0.1) is 0 Å². The van der Waals surface area contributed by atoms with Gasteiger partial charge in [-0.25, -0.2) is 4.79 Å². The van der Waals surface area contributed by atoms with Crippen molar-refractivity contribution in [2.75, 3.05) is 13.2 Å². The van der Waals surface area contributed by atoms with E-state index in [1.165, 1.54) is 24.3 Å². The first-order chi connectivity index (χ1) is 13.1. The van der Waals surface area contributed by atoms with E-state index >= 15 is 0 Å². The summed E-state index contributed by atoms with van der Waals surface area (Å²) in [4.78, 5) is 41.8. The molecule has 1 fully saturated rings. The number of rotatable bonds is 5. The van der Waals surface area contributed by atoms with Crippen LogP contribution in [0.5, 0.6) is 5.75 Å². The van der Waals surface area contributed by atoms with E-state index in [1.54, 1.807) is 24.3 Å². The largest absolute Gasteiger partial charge is 0.491 e. The second kappa shape index (κ2) is 7.20. The van der Waals surface area contributed by atoms with Crippen LogP contribution in [0.25, 0.3) is 0 Å². The Morgan fingerprint density at radius 1 is 1.04 bits per heavy atom. The number of benzene rings is 2. The molecule has 0 aliphatic carbocycles. The van der Waals surface area contributed by atoms with E-state index in [1.807, 2.05) is 0 Å². The summed E-state index contributed by atoms with van der Waals surface area (Å²) in [6, 6.07) is 12.6. The summed E-state index contributed by atoms with van der Waals surface area (Å²) in [5.74, 6) is -1.50. The molecule has 2 aromatic rings. The van der Waals surface area contributed by atoms with Gasteiger partial charge in [0, 0.05) is 6.61 Å². The molecule has 0 aromatic heterocycles. The van der Waals surface area contributed by atoms with Crippen molar-refractivity contribution in [1.82, 2.24) is 5.06 Å². The van der Waals surface area contributed by atoms with Gasteiger partial charge in [0.2, 0.25) is 0 Å². The Kier molecular flexibility index (Phi) is 4.60. The van der Waals surface area contributed by atoms with E-state index < -0.39 is 17.8 Å². The molecule has 7 heteroatoms. The number of hydrogen-bond donors (Lipinski definition) is 0. The van der Waals surface area contributed by atoms with Gasteiger partial charge in [-0.15, -0.1) is 0 Å². The molecule has 0 spiro atoms. The Hall–Kier alpha value is -3.19. The maximum atomic E-state index is 12.3. The summed E-state index contributed by atoms with van der Waals surface area (Å²) >= 11 is 0. The molecular weight excluding hydrogens is 350 g/mol. The lowest BCUT2D eigenvalue weighted by atomic mass is 10.1. The van der Waals surface area contributed by atoms with Crippen LogP contribution in [0.1, 0.15) is 43.9 Å². The molecule has 7 nitrogen and oxygen atoms in total. The molecule has 1 saturated heterocycles. The minimum Gasteiger partial charge on any atom is -0.491 e. The Balaban J connectivity index is 1.38. The fraction of sp³-hybridized carbons (Fsp3) is 0.250. The summed E-state index contributed by atoms with van der Waals surface area (Å²) < 4.78 is 11.1. The Bertz CT molecular complexity index is 851. The molecule has 0 saturated carbocycles. The average Bonchev–Trinajstić information content (AvgIpc) is 3.30. The maximum absolute atomic E-state index is 12.3. The molecule has 2 aromatic carbocycles. The minimum absolute atomic E-state index is 0.100. The van der Waals surface area contributed by atoms with Crippen LogP contribution in [0.4, 0.5) is 0 Å². The highest BCUT2D eigenvalue weighted by molar-refractivity contribution is 6.21. The molecule has 2 heterocycles. The Morgan fingerprint density at radius 3 is 2.30 bits per heavy atom. The molecular formula is C20H17NO6. The van der Waals surface area contributed by atoms with Crippen LogP contribution in [0.2, 0.25) is 0 Å². The number of amides is 2. The first-order valence-corrected chi connectivity index (χ1v) is 8.68. The van der Waals surface area contributed by atoms with Gasteiger partial charge in [0.15, 0.2) is 0 Å². The first kappa shape index (κ1) is 17.2. The van der Waals surface area contributed by atoms with Gasteiger partial charge < -0.3 is 14.3 Å². The van der Waals surface area contributed by atoms with E-state index in [4.69, 9.17) is 14.3 Å². The zero-order valence-corrected chi connectivity index (χ0v) is 14.4. The Morgan fingerprint density at radius 2 is 1.70 bits per heavy atom. The van der Waals surface area contributed by atoms with Gasteiger partial charge in [-0.05, 0) is 49.2 Å². The van der Waals surface area contributed by atoms with Crippen molar-refractivity contribution in [2.45, 2.75) is 18.9 Å². The molecule has 4 rings (SSSR count). The second-order valence-corrected chi connectivity index (χ2v) is 6.30. The predicted molar refractivity (Wildman–Crippen MR) is 93.3 cm³/mol. The monoisotopic (exact) mass is 367 g/mol. The maximum Gasteiger partial charge on any atom is 0.363 e. The third kappa shape index (κ3) is 3.41. The van der Waals surface area contributed by atoms with Gasteiger partial charge in [-0.2, -0.15) is 0 Å². The third-order valence-electron chi connectivity index (χ3n) is 4.48. The van der Waals surface area contributed by atoms with E-state index in [-0.39, 0.29) is 22.8 Å². The number of hydrogen-bond acceptors (Lipinski definition) is 6. The molecule has 1 unspecified atom stereocenters. The molecule has 27 heavy (non-hydrogen) atoms. The van der Waals surface area contributed by atoms with E-state index in [9.17, 15) is 14.4 Å². The second-order valence-electron chi connectivity index (χ2n) is 6.30. The van der Waals surface area contributed by atoms with Gasteiger partial charge in [-0.3, -0.25) is 9.59 Å².